The van der Waals surface area contributed by atoms with Crippen LogP contribution in [0.3, 0.4) is 0 Å². The lowest BCUT2D eigenvalue weighted by Gasteiger charge is -1.87. The van der Waals surface area contributed by atoms with Gasteiger partial charge in [-0.25, -0.2) is 0 Å². The van der Waals surface area contributed by atoms with Crippen molar-refractivity contribution in [2.45, 2.75) is 0 Å². The average molecular weight is 120 g/mol. The molecule has 0 spiro atoms. The number of carbonyl (C=O) groups is 1. The van der Waals surface area contributed by atoms with Gasteiger partial charge in [0.2, 0.25) is 5.91 Å². The first-order valence-corrected chi connectivity index (χ1v) is 2.31. The SMILES string of the molecule is C=CNC(=O)CCl. The summed E-state index contributed by atoms with van der Waals surface area (Å²) in [6.45, 7) is 3.26. The number of alkyl halides is 1. The molecule has 0 saturated carbocycles. The fourth-order valence-corrected chi connectivity index (χ4v) is 0.230. The summed E-state index contributed by atoms with van der Waals surface area (Å²) in [5.74, 6) is -0.233. The summed E-state index contributed by atoms with van der Waals surface area (Å²) in [6.07, 6.45) is 1.30. The molecule has 0 aromatic heterocycles. The van der Waals surface area contributed by atoms with Crippen molar-refractivity contribution < 1.29 is 4.79 Å². The molecule has 0 aromatic rings. The van der Waals surface area contributed by atoms with Gasteiger partial charge in [0.05, 0.1) is 0 Å². The third-order valence-electron chi connectivity index (χ3n) is 0.384. The molecule has 7 heavy (non-hydrogen) atoms. The largest absolute Gasteiger partial charge is 0.332 e. The van der Waals surface area contributed by atoms with Gasteiger partial charge in [-0.1, -0.05) is 6.58 Å². The van der Waals surface area contributed by atoms with Gasteiger partial charge in [-0.3, -0.25) is 4.79 Å². The summed E-state index contributed by atoms with van der Waals surface area (Å²) < 4.78 is 0. The molecular weight excluding hydrogens is 114 g/mol. The normalized spacial score (nSPS) is 7.57. The van der Waals surface area contributed by atoms with E-state index >= 15 is 0 Å². The highest BCUT2D eigenvalue weighted by atomic mass is 35.5. The minimum atomic E-state index is -0.225. The molecule has 0 aliphatic carbocycles. The molecule has 40 valence electrons. The van der Waals surface area contributed by atoms with Crippen LogP contribution in [0, 0.1) is 0 Å². The third kappa shape index (κ3) is 3.33. The van der Waals surface area contributed by atoms with Crippen LogP contribution >= 0.6 is 11.6 Å². The van der Waals surface area contributed by atoms with E-state index < -0.39 is 0 Å². The molecule has 0 aliphatic rings. The molecular formula is C4H6ClNO. The number of halogens is 1. The van der Waals surface area contributed by atoms with E-state index in [1.165, 1.54) is 6.20 Å². The van der Waals surface area contributed by atoms with Crippen molar-refractivity contribution in [3.63, 3.8) is 0 Å². The van der Waals surface area contributed by atoms with E-state index in [4.69, 9.17) is 11.6 Å². The van der Waals surface area contributed by atoms with Crippen LogP contribution in [0.25, 0.3) is 0 Å². The summed E-state index contributed by atoms with van der Waals surface area (Å²) >= 11 is 5.07. The van der Waals surface area contributed by atoms with E-state index in [1.54, 1.807) is 0 Å². The van der Waals surface area contributed by atoms with Crippen LogP contribution in [0.15, 0.2) is 12.8 Å². The van der Waals surface area contributed by atoms with Gasteiger partial charge in [-0.15, -0.1) is 11.6 Å². The number of amides is 1. The molecule has 0 fully saturated rings. The second kappa shape index (κ2) is 3.68. The van der Waals surface area contributed by atoms with E-state index in [9.17, 15) is 4.79 Å². The standard InChI is InChI=1S/C4H6ClNO/c1-2-6-4(7)3-5/h2H,1,3H2,(H,6,7). The van der Waals surface area contributed by atoms with Gasteiger partial charge < -0.3 is 5.32 Å². The lowest BCUT2D eigenvalue weighted by molar-refractivity contribution is -0.117. The highest BCUT2D eigenvalue weighted by molar-refractivity contribution is 6.27. The Hall–Kier alpha value is -0.500. The Morgan fingerprint density at radius 1 is 2.00 bits per heavy atom. The van der Waals surface area contributed by atoms with Gasteiger partial charge in [-0.05, 0) is 6.20 Å². The lowest BCUT2D eigenvalue weighted by Crippen LogP contribution is -2.16. The van der Waals surface area contributed by atoms with Crippen LogP contribution in [0.5, 0.6) is 0 Å². The fourth-order valence-electron chi connectivity index (χ4n) is 0.152. The summed E-state index contributed by atoms with van der Waals surface area (Å²) in [7, 11) is 0. The molecule has 0 unspecified atom stereocenters. The van der Waals surface area contributed by atoms with Gasteiger partial charge >= 0.3 is 0 Å². The number of rotatable bonds is 2. The van der Waals surface area contributed by atoms with Gasteiger partial charge in [0.25, 0.3) is 0 Å². The molecule has 0 bridgehead atoms. The molecule has 0 radical (unpaired) electrons. The van der Waals surface area contributed by atoms with Crippen molar-refractivity contribution in [1.82, 2.24) is 5.32 Å². The molecule has 1 amide bonds. The van der Waals surface area contributed by atoms with Crippen LogP contribution in [0.1, 0.15) is 0 Å². The van der Waals surface area contributed by atoms with E-state index in [-0.39, 0.29) is 11.8 Å². The Balaban J connectivity index is 3.17. The highest BCUT2D eigenvalue weighted by Gasteiger charge is 1.88. The van der Waals surface area contributed by atoms with E-state index in [0.717, 1.165) is 0 Å². The molecule has 0 rings (SSSR count). The smallest absolute Gasteiger partial charge is 0.238 e. The Bertz CT molecular complexity index is 81.8. The Labute approximate surface area is 47.2 Å². The van der Waals surface area contributed by atoms with Crippen molar-refractivity contribution in [2.24, 2.45) is 0 Å². The average Bonchev–Trinajstić information content (AvgIpc) is 1.68. The summed E-state index contributed by atoms with van der Waals surface area (Å²) in [6, 6.07) is 0. The van der Waals surface area contributed by atoms with E-state index in [0.29, 0.717) is 0 Å². The van der Waals surface area contributed by atoms with Crippen LogP contribution < -0.4 is 5.32 Å². The summed E-state index contributed by atoms with van der Waals surface area (Å²) in [4.78, 5) is 10.1. The molecule has 2 nitrogen and oxygen atoms in total. The highest BCUT2D eigenvalue weighted by Crippen LogP contribution is 1.71. The van der Waals surface area contributed by atoms with Crippen molar-refractivity contribution in [2.75, 3.05) is 5.88 Å². The predicted molar refractivity (Wildman–Crippen MR) is 29.1 cm³/mol. The quantitative estimate of drug-likeness (QED) is 0.527. The second-order valence-corrected chi connectivity index (χ2v) is 1.17. The van der Waals surface area contributed by atoms with Gasteiger partial charge in [0.1, 0.15) is 5.88 Å². The lowest BCUT2D eigenvalue weighted by atomic mass is 10.7. The van der Waals surface area contributed by atoms with Crippen LogP contribution in [-0.2, 0) is 4.79 Å². The number of hydrogen-bond donors (Lipinski definition) is 1. The van der Waals surface area contributed by atoms with Crippen molar-refractivity contribution >= 4 is 17.5 Å². The van der Waals surface area contributed by atoms with Crippen LogP contribution in [-0.4, -0.2) is 11.8 Å². The van der Waals surface area contributed by atoms with Gasteiger partial charge in [0, 0.05) is 0 Å². The zero-order valence-electron chi connectivity index (χ0n) is 3.78. The Kier molecular flexibility index (Phi) is 3.42. The number of hydrogen-bond acceptors (Lipinski definition) is 1. The van der Waals surface area contributed by atoms with Crippen molar-refractivity contribution in [3.05, 3.63) is 12.8 Å². The number of nitrogens with one attached hydrogen (secondary N) is 1. The summed E-state index contributed by atoms with van der Waals surface area (Å²) in [5.41, 5.74) is 0. The Morgan fingerprint density at radius 3 is 2.71 bits per heavy atom. The first-order valence-electron chi connectivity index (χ1n) is 1.77. The zero-order chi connectivity index (χ0) is 5.70. The van der Waals surface area contributed by atoms with Crippen LogP contribution in [0.4, 0.5) is 0 Å². The maximum atomic E-state index is 10.1. The zero-order valence-corrected chi connectivity index (χ0v) is 4.53. The topological polar surface area (TPSA) is 29.1 Å². The van der Waals surface area contributed by atoms with Gasteiger partial charge in [-0.2, -0.15) is 0 Å². The fraction of sp³-hybridized carbons (Fsp3) is 0.250. The maximum Gasteiger partial charge on any atom is 0.238 e. The molecule has 0 saturated heterocycles. The summed E-state index contributed by atoms with van der Waals surface area (Å²) in [5, 5.41) is 2.29. The maximum absolute atomic E-state index is 10.1. The number of carbonyl (C=O) groups excluding carboxylic acids is 1. The first-order chi connectivity index (χ1) is 3.31. The molecule has 0 aliphatic heterocycles. The van der Waals surface area contributed by atoms with Crippen molar-refractivity contribution in [3.8, 4) is 0 Å². The predicted octanol–water partition coefficient (Wildman–Crippen LogP) is 0.485. The minimum Gasteiger partial charge on any atom is -0.332 e. The Morgan fingerprint density at radius 2 is 2.57 bits per heavy atom. The van der Waals surface area contributed by atoms with Crippen molar-refractivity contribution in [1.29, 1.82) is 0 Å². The molecule has 0 atom stereocenters. The third-order valence-corrected chi connectivity index (χ3v) is 0.627. The minimum absolute atomic E-state index is 0.00792. The second-order valence-electron chi connectivity index (χ2n) is 0.905. The van der Waals surface area contributed by atoms with Gasteiger partial charge in [0.15, 0.2) is 0 Å². The van der Waals surface area contributed by atoms with E-state index in [1.807, 2.05) is 0 Å². The first kappa shape index (κ1) is 6.50. The monoisotopic (exact) mass is 119 g/mol. The molecule has 3 heteroatoms. The van der Waals surface area contributed by atoms with E-state index in [2.05, 4.69) is 11.9 Å². The molecule has 1 N–H and O–H groups in total. The molecule has 0 aromatic carbocycles. The molecule has 0 heterocycles. The van der Waals surface area contributed by atoms with Crippen LogP contribution in [0.2, 0.25) is 0 Å².